The predicted molar refractivity (Wildman–Crippen MR) is 87.7 cm³/mol. The van der Waals surface area contributed by atoms with Gasteiger partial charge in [0.2, 0.25) is 0 Å². The van der Waals surface area contributed by atoms with Gasteiger partial charge in [0, 0.05) is 20.8 Å². The third kappa shape index (κ3) is 3.81. The van der Waals surface area contributed by atoms with Crippen LogP contribution in [0.3, 0.4) is 0 Å². The van der Waals surface area contributed by atoms with Crippen LogP contribution in [0.5, 0.6) is 0 Å². The fraction of sp³-hybridized carbons (Fsp3) is 0.600. The number of halogens is 2. The zero-order valence-electron chi connectivity index (χ0n) is 11.5. The summed E-state index contributed by atoms with van der Waals surface area (Å²) in [4.78, 5) is 0. The maximum absolute atomic E-state index is 6.30. The lowest BCUT2D eigenvalue weighted by molar-refractivity contribution is 0.406. The molecular weight excluding hydrogens is 297 g/mol. The molecular formula is C15H21Cl2NS. The number of hydrogen-bond acceptors (Lipinski definition) is 2. The first-order chi connectivity index (χ1) is 9.05. The van der Waals surface area contributed by atoms with E-state index in [9.17, 15) is 0 Å². The molecule has 0 saturated carbocycles. The van der Waals surface area contributed by atoms with Gasteiger partial charge in [-0.05, 0) is 62.2 Å². The SMILES string of the molecule is CCNC(Cc1cc(Cl)ccc1Cl)C1(C)CCCS1. The Kier molecular flexibility index (Phi) is 5.47. The van der Waals surface area contributed by atoms with Crippen molar-refractivity contribution in [3.63, 3.8) is 0 Å². The minimum atomic E-state index is 0.307. The van der Waals surface area contributed by atoms with Crippen molar-refractivity contribution in [2.45, 2.75) is 43.9 Å². The van der Waals surface area contributed by atoms with Gasteiger partial charge in [0.15, 0.2) is 0 Å². The van der Waals surface area contributed by atoms with E-state index in [1.165, 1.54) is 18.6 Å². The number of nitrogens with one attached hydrogen (secondary N) is 1. The lowest BCUT2D eigenvalue weighted by atomic mass is 9.90. The van der Waals surface area contributed by atoms with E-state index < -0.39 is 0 Å². The van der Waals surface area contributed by atoms with Crippen molar-refractivity contribution in [3.8, 4) is 0 Å². The van der Waals surface area contributed by atoms with Gasteiger partial charge in [-0.2, -0.15) is 11.8 Å². The van der Waals surface area contributed by atoms with Crippen LogP contribution in [0.2, 0.25) is 10.0 Å². The average Bonchev–Trinajstić information content (AvgIpc) is 2.81. The van der Waals surface area contributed by atoms with E-state index in [0.717, 1.165) is 28.6 Å². The van der Waals surface area contributed by atoms with Crippen LogP contribution in [-0.4, -0.2) is 23.1 Å². The van der Waals surface area contributed by atoms with Crippen LogP contribution in [0.25, 0.3) is 0 Å². The summed E-state index contributed by atoms with van der Waals surface area (Å²) in [6.45, 7) is 5.52. The van der Waals surface area contributed by atoms with Gasteiger partial charge < -0.3 is 5.32 Å². The quantitative estimate of drug-likeness (QED) is 0.837. The fourth-order valence-corrected chi connectivity index (χ4v) is 4.55. The molecule has 0 radical (unpaired) electrons. The van der Waals surface area contributed by atoms with Gasteiger partial charge in [-0.1, -0.05) is 30.1 Å². The highest BCUT2D eigenvalue weighted by Crippen LogP contribution is 2.41. The van der Waals surface area contributed by atoms with E-state index in [1.807, 2.05) is 18.2 Å². The summed E-state index contributed by atoms with van der Waals surface area (Å²) in [5.41, 5.74) is 1.15. The number of thioether (sulfide) groups is 1. The molecule has 1 aromatic rings. The summed E-state index contributed by atoms with van der Waals surface area (Å²) in [5.74, 6) is 1.27. The Bertz CT molecular complexity index is 430. The van der Waals surface area contributed by atoms with Crippen LogP contribution in [0, 0.1) is 0 Å². The molecule has 1 aromatic carbocycles. The Morgan fingerprint density at radius 3 is 2.84 bits per heavy atom. The molecule has 0 spiro atoms. The summed E-state index contributed by atoms with van der Waals surface area (Å²) in [6, 6.07) is 6.19. The van der Waals surface area contributed by atoms with Crippen molar-refractivity contribution in [3.05, 3.63) is 33.8 Å². The third-order valence-corrected chi connectivity index (χ3v) is 6.11. The van der Waals surface area contributed by atoms with Crippen molar-refractivity contribution >= 4 is 35.0 Å². The van der Waals surface area contributed by atoms with Gasteiger partial charge in [-0.3, -0.25) is 0 Å². The summed E-state index contributed by atoms with van der Waals surface area (Å²) in [7, 11) is 0. The molecule has 1 aliphatic heterocycles. The zero-order chi connectivity index (χ0) is 13.9. The van der Waals surface area contributed by atoms with E-state index >= 15 is 0 Å². The molecule has 4 heteroatoms. The van der Waals surface area contributed by atoms with Crippen LogP contribution in [0.15, 0.2) is 18.2 Å². The first-order valence-corrected chi connectivity index (χ1v) is 8.60. The predicted octanol–water partition coefficient (Wildman–Crippen LogP) is 4.80. The van der Waals surface area contributed by atoms with Gasteiger partial charge in [-0.25, -0.2) is 0 Å². The van der Waals surface area contributed by atoms with Crippen molar-refractivity contribution in [1.82, 2.24) is 5.32 Å². The number of benzene rings is 1. The molecule has 2 unspecified atom stereocenters. The second-order valence-corrected chi connectivity index (χ2v) is 7.79. The maximum atomic E-state index is 6.30. The minimum Gasteiger partial charge on any atom is -0.313 e. The topological polar surface area (TPSA) is 12.0 Å². The molecule has 106 valence electrons. The Labute approximate surface area is 130 Å². The molecule has 2 atom stereocenters. The smallest absolute Gasteiger partial charge is 0.0439 e. The van der Waals surface area contributed by atoms with Crippen molar-refractivity contribution in [2.24, 2.45) is 0 Å². The summed E-state index contributed by atoms with van der Waals surface area (Å²) in [5, 5.41) is 5.22. The molecule has 19 heavy (non-hydrogen) atoms. The lowest BCUT2D eigenvalue weighted by Crippen LogP contribution is -2.46. The van der Waals surface area contributed by atoms with Crippen LogP contribution >= 0.6 is 35.0 Å². The standard InChI is InChI=1S/C15H21Cl2NS/c1-3-18-14(15(2)7-4-8-19-15)10-11-9-12(16)5-6-13(11)17/h5-6,9,14,18H,3-4,7-8,10H2,1-2H3. The highest BCUT2D eigenvalue weighted by Gasteiger charge is 2.37. The molecule has 1 saturated heterocycles. The molecule has 0 amide bonds. The van der Waals surface area contributed by atoms with E-state index in [1.54, 1.807) is 0 Å². The molecule has 1 fully saturated rings. The first-order valence-electron chi connectivity index (χ1n) is 6.86. The van der Waals surface area contributed by atoms with Crippen molar-refractivity contribution in [1.29, 1.82) is 0 Å². The monoisotopic (exact) mass is 317 g/mol. The Hall–Kier alpha value is 0.110. The molecule has 0 aliphatic carbocycles. The summed E-state index contributed by atoms with van der Waals surface area (Å²) in [6.07, 6.45) is 3.52. The largest absolute Gasteiger partial charge is 0.313 e. The van der Waals surface area contributed by atoms with Gasteiger partial charge in [0.1, 0.15) is 0 Å². The normalized spacial score (nSPS) is 24.6. The van der Waals surface area contributed by atoms with Crippen LogP contribution < -0.4 is 5.32 Å². The zero-order valence-corrected chi connectivity index (χ0v) is 13.8. The van der Waals surface area contributed by atoms with Gasteiger partial charge in [-0.15, -0.1) is 0 Å². The third-order valence-electron chi connectivity index (χ3n) is 3.87. The lowest BCUT2D eigenvalue weighted by Gasteiger charge is -2.34. The van der Waals surface area contributed by atoms with E-state index in [2.05, 4.69) is 30.9 Å². The van der Waals surface area contributed by atoms with Crippen LogP contribution in [0.4, 0.5) is 0 Å². The highest BCUT2D eigenvalue weighted by molar-refractivity contribution is 8.00. The molecule has 1 nitrogen and oxygen atoms in total. The summed E-state index contributed by atoms with van der Waals surface area (Å²) >= 11 is 14.5. The van der Waals surface area contributed by atoms with Crippen LogP contribution in [0.1, 0.15) is 32.3 Å². The molecule has 0 aromatic heterocycles. The number of likely N-dealkylation sites (N-methyl/N-ethyl adjacent to an activating group) is 1. The summed E-state index contributed by atoms with van der Waals surface area (Å²) < 4.78 is 0.307. The molecule has 1 N–H and O–H groups in total. The number of rotatable bonds is 5. The molecule has 0 bridgehead atoms. The van der Waals surface area contributed by atoms with E-state index in [-0.39, 0.29) is 0 Å². The molecule has 2 rings (SSSR count). The van der Waals surface area contributed by atoms with E-state index in [4.69, 9.17) is 23.2 Å². The minimum absolute atomic E-state index is 0.307. The second kappa shape index (κ2) is 6.71. The second-order valence-electron chi connectivity index (χ2n) is 5.31. The van der Waals surface area contributed by atoms with Crippen LogP contribution in [-0.2, 0) is 6.42 Å². The molecule has 1 aliphatic rings. The Morgan fingerprint density at radius 1 is 1.42 bits per heavy atom. The van der Waals surface area contributed by atoms with Gasteiger partial charge in [0.05, 0.1) is 0 Å². The highest BCUT2D eigenvalue weighted by atomic mass is 35.5. The first kappa shape index (κ1) is 15.5. The fourth-order valence-electron chi connectivity index (χ4n) is 2.75. The Balaban J connectivity index is 2.18. The molecule has 1 heterocycles. The van der Waals surface area contributed by atoms with Gasteiger partial charge in [0.25, 0.3) is 0 Å². The van der Waals surface area contributed by atoms with Gasteiger partial charge >= 0.3 is 0 Å². The van der Waals surface area contributed by atoms with Crippen molar-refractivity contribution < 1.29 is 0 Å². The maximum Gasteiger partial charge on any atom is 0.0439 e. The number of hydrogen-bond donors (Lipinski definition) is 1. The van der Waals surface area contributed by atoms with E-state index in [0.29, 0.717) is 10.8 Å². The van der Waals surface area contributed by atoms with Crippen molar-refractivity contribution in [2.75, 3.05) is 12.3 Å². The Morgan fingerprint density at radius 2 is 2.21 bits per heavy atom. The average molecular weight is 318 g/mol.